The number of amides is 1. The molecule has 0 spiro atoms. The monoisotopic (exact) mass is 228 g/mol. The molecule has 4 nitrogen and oxygen atoms in total. The van der Waals surface area contributed by atoms with Crippen molar-refractivity contribution in [1.29, 1.82) is 0 Å². The summed E-state index contributed by atoms with van der Waals surface area (Å²) in [5.41, 5.74) is 0. The Morgan fingerprint density at radius 3 is 2.81 bits per heavy atom. The van der Waals surface area contributed by atoms with Gasteiger partial charge in [-0.2, -0.15) is 0 Å². The van der Waals surface area contributed by atoms with Crippen LogP contribution in [0.5, 0.6) is 0 Å². The molecule has 0 aromatic carbocycles. The number of piperidine rings is 1. The molecule has 0 bridgehead atoms. The van der Waals surface area contributed by atoms with E-state index in [0.717, 1.165) is 19.4 Å². The first kappa shape index (κ1) is 13.5. The van der Waals surface area contributed by atoms with Crippen molar-refractivity contribution in [3.05, 3.63) is 0 Å². The molecule has 1 aliphatic heterocycles. The maximum Gasteiger partial charge on any atom is 0.239 e. The molecule has 0 aliphatic carbocycles. The van der Waals surface area contributed by atoms with Gasteiger partial charge in [0, 0.05) is 13.6 Å². The highest BCUT2D eigenvalue weighted by Crippen LogP contribution is 2.09. The molecule has 1 amide bonds. The third-order valence-electron chi connectivity index (χ3n) is 2.86. The largest absolute Gasteiger partial charge is 0.377 e. The van der Waals surface area contributed by atoms with E-state index in [1.807, 2.05) is 20.9 Å². The van der Waals surface area contributed by atoms with Crippen LogP contribution in [0.1, 0.15) is 33.1 Å². The third-order valence-corrected chi connectivity index (χ3v) is 2.86. The molecule has 1 N–H and O–H groups in total. The molecule has 1 fully saturated rings. The molecular weight excluding hydrogens is 204 g/mol. The van der Waals surface area contributed by atoms with Gasteiger partial charge in [0.15, 0.2) is 0 Å². The van der Waals surface area contributed by atoms with Gasteiger partial charge in [-0.1, -0.05) is 6.42 Å². The second kappa shape index (κ2) is 6.86. The van der Waals surface area contributed by atoms with Crippen LogP contribution >= 0.6 is 0 Å². The number of nitrogens with one attached hydrogen (secondary N) is 1. The summed E-state index contributed by atoms with van der Waals surface area (Å²) in [6, 6.07) is 0.0257. The summed E-state index contributed by atoms with van der Waals surface area (Å²) >= 11 is 0. The highest BCUT2D eigenvalue weighted by atomic mass is 16.5. The maximum absolute atomic E-state index is 12.0. The lowest BCUT2D eigenvalue weighted by molar-refractivity contribution is -0.133. The molecule has 4 heteroatoms. The van der Waals surface area contributed by atoms with Crippen LogP contribution in [0, 0.1) is 0 Å². The third kappa shape index (κ3) is 4.49. The smallest absolute Gasteiger partial charge is 0.239 e. The van der Waals surface area contributed by atoms with Crippen LogP contribution in [0.25, 0.3) is 0 Å². The maximum atomic E-state index is 12.0. The number of carbonyl (C=O) groups is 1. The first-order chi connectivity index (χ1) is 7.61. The Hall–Kier alpha value is -0.610. The van der Waals surface area contributed by atoms with Gasteiger partial charge in [0.1, 0.15) is 0 Å². The predicted molar refractivity (Wildman–Crippen MR) is 64.4 cm³/mol. The minimum absolute atomic E-state index is 0.0257. The van der Waals surface area contributed by atoms with E-state index in [-0.39, 0.29) is 18.1 Å². The Morgan fingerprint density at radius 2 is 2.25 bits per heavy atom. The zero-order chi connectivity index (χ0) is 12.0. The van der Waals surface area contributed by atoms with E-state index in [4.69, 9.17) is 4.74 Å². The lowest BCUT2D eigenvalue weighted by Gasteiger charge is -2.27. The molecule has 0 aromatic heterocycles. The van der Waals surface area contributed by atoms with Crippen molar-refractivity contribution in [3.8, 4) is 0 Å². The van der Waals surface area contributed by atoms with Crippen LogP contribution in [0.2, 0.25) is 0 Å². The molecule has 1 rings (SSSR count). The zero-order valence-corrected chi connectivity index (χ0v) is 10.7. The summed E-state index contributed by atoms with van der Waals surface area (Å²) in [4.78, 5) is 13.8. The molecule has 94 valence electrons. The number of carbonyl (C=O) groups excluding carboxylic acids is 1. The van der Waals surface area contributed by atoms with Crippen LogP contribution in [-0.2, 0) is 9.53 Å². The number of rotatable bonds is 5. The van der Waals surface area contributed by atoms with E-state index >= 15 is 0 Å². The van der Waals surface area contributed by atoms with Gasteiger partial charge in [0.25, 0.3) is 0 Å². The molecule has 0 unspecified atom stereocenters. The van der Waals surface area contributed by atoms with E-state index < -0.39 is 0 Å². The normalized spacial score (nSPS) is 21.1. The Labute approximate surface area is 98.3 Å². The van der Waals surface area contributed by atoms with Gasteiger partial charge >= 0.3 is 0 Å². The van der Waals surface area contributed by atoms with Crippen LogP contribution < -0.4 is 5.32 Å². The standard InChI is InChI=1S/C12H24N2O2/c1-10(2)16-9-8-14(3)12(15)11-6-4-5-7-13-11/h10-11,13H,4-9H2,1-3H3/t11-/m1/s1. The Morgan fingerprint density at radius 1 is 1.50 bits per heavy atom. The molecule has 1 saturated heterocycles. The first-order valence-electron chi connectivity index (χ1n) is 6.21. The van der Waals surface area contributed by atoms with Gasteiger partial charge in [0.05, 0.1) is 18.8 Å². The summed E-state index contributed by atoms with van der Waals surface area (Å²) < 4.78 is 5.44. The molecule has 0 radical (unpaired) electrons. The van der Waals surface area contributed by atoms with E-state index in [1.165, 1.54) is 6.42 Å². The van der Waals surface area contributed by atoms with Crippen LogP contribution in [0.4, 0.5) is 0 Å². The minimum atomic E-state index is 0.0257. The highest BCUT2D eigenvalue weighted by molar-refractivity contribution is 5.81. The Kier molecular flexibility index (Phi) is 5.77. The summed E-state index contributed by atoms with van der Waals surface area (Å²) in [6.45, 7) is 6.27. The van der Waals surface area contributed by atoms with Gasteiger partial charge in [-0.3, -0.25) is 4.79 Å². The number of nitrogens with zero attached hydrogens (tertiary/aromatic N) is 1. The fourth-order valence-corrected chi connectivity index (χ4v) is 1.86. The number of hydrogen-bond acceptors (Lipinski definition) is 3. The van der Waals surface area contributed by atoms with E-state index in [1.54, 1.807) is 4.90 Å². The van der Waals surface area contributed by atoms with Gasteiger partial charge in [-0.05, 0) is 33.2 Å². The summed E-state index contributed by atoms with van der Waals surface area (Å²) in [5, 5.41) is 3.27. The van der Waals surface area contributed by atoms with Crippen molar-refractivity contribution in [2.45, 2.75) is 45.3 Å². The number of hydrogen-bond donors (Lipinski definition) is 1. The van der Waals surface area contributed by atoms with E-state index in [9.17, 15) is 4.79 Å². The second-order valence-electron chi connectivity index (χ2n) is 4.68. The zero-order valence-electron chi connectivity index (χ0n) is 10.7. The molecule has 1 aliphatic rings. The molecule has 16 heavy (non-hydrogen) atoms. The average Bonchev–Trinajstić information content (AvgIpc) is 2.28. The fourth-order valence-electron chi connectivity index (χ4n) is 1.86. The summed E-state index contributed by atoms with van der Waals surface area (Å²) in [5.74, 6) is 0.201. The van der Waals surface area contributed by atoms with Crippen molar-refractivity contribution in [2.24, 2.45) is 0 Å². The molecule has 1 heterocycles. The average molecular weight is 228 g/mol. The Bertz CT molecular complexity index is 213. The van der Waals surface area contributed by atoms with Crippen molar-refractivity contribution in [2.75, 3.05) is 26.7 Å². The van der Waals surface area contributed by atoms with Crippen LogP contribution in [-0.4, -0.2) is 49.7 Å². The summed E-state index contributed by atoms with van der Waals surface area (Å²) in [7, 11) is 1.85. The van der Waals surface area contributed by atoms with E-state index in [2.05, 4.69) is 5.32 Å². The van der Waals surface area contributed by atoms with Gasteiger partial charge in [0.2, 0.25) is 5.91 Å². The minimum Gasteiger partial charge on any atom is -0.377 e. The Balaban J connectivity index is 2.23. The van der Waals surface area contributed by atoms with Gasteiger partial charge < -0.3 is 15.0 Å². The second-order valence-corrected chi connectivity index (χ2v) is 4.68. The van der Waals surface area contributed by atoms with Gasteiger partial charge in [-0.25, -0.2) is 0 Å². The molecular formula is C12H24N2O2. The lowest BCUT2D eigenvalue weighted by atomic mass is 10.0. The topological polar surface area (TPSA) is 41.6 Å². The predicted octanol–water partition coefficient (Wildman–Crippen LogP) is 1.01. The summed E-state index contributed by atoms with van der Waals surface area (Å²) in [6.07, 6.45) is 3.54. The quantitative estimate of drug-likeness (QED) is 0.763. The van der Waals surface area contributed by atoms with Crippen molar-refractivity contribution in [1.82, 2.24) is 10.2 Å². The number of ether oxygens (including phenoxy) is 1. The first-order valence-corrected chi connectivity index (χ1v) is 6.21. The molecule has 0 aromatic rings. The van der Waals surface area contributed by atoms with Gasteiger partial charge in [-0.15, -0.1) is 0 Å². The SMILES string of the molecule is CC(C)OCCN(C)C(=O)[C@H]1CCCCN1. The van der Waals surface area contributed by atoms with Crippen molar-refractivity contribution in [3.63, 3.8) is 0 Å². The lowest BCUT2D eigenvalue weighted by Crippen LogP contribution is -2.48. The van der Waals surface area contributed by atoms with Crippen molar-refractivity contribution < 1.29 is 9.53 Å². The fraction of sp³-hybridized carbons (Fsp3) is 0.917. The molecule has 1 atom stereocenters. The highest BCUT2D eigenvalue weighted by Gasteiger charge is 2.23. The van der Waals surface area contributed by atoms with E-state index in [0.29, 0.717) is 13.2 Å². The van der Waals surface area contributed by atoms with Crippen LogP contribution in [0.15, 0.2) is 0 Å². The molecule has 0 saturated carbocycles. The van der Waals surface area contributed by atoms with Crippen LogP contribution in [0.3, 0.4) is 0 Å². The van der Waals surface area contributed by atoms with Crippen molar-refractivity contribution >= 4 is 5.91 Å². The number of likely N-dealkylation sites (N-methyl/N-ethyl adjacent to an activating group) is 1.